The first kappa shape index (κ1) is 54.0. The predicted octanol–water partition coefficient (Wildman–Crippen LogP) is 12.6. The largest absolute Gasteiger partial charge is 0.756 e. The lowest BCUT2D eigenvalue weighted by atomic mass is 10.0. The number of phosphoric ester groups is 1. The molecule has 0 spiro atoms. The monoisotopic (exact) mass is 804 g/mol. The van der Waals surface area contributed by atoms with Crippen LogP contribution in [0.4, 0.5) is 0 Å². The van der Waals surface area contributed by atoms with Crippen molar-refractivity contribution in [3.8, 4) is 0 Å². The van der Waals surface area contributed by atoms with E-state index in [9.17, 15) is 19.0 Å². The van der Waals surface area contributed by atoms with Crippen molar-refractivity contribution in [3.63, 3.8) is 0 Å². The first-order valence-corrected chi connectivity index (χ1v) is 24.7. The Bertz CT molecular complexity index is 912. The average molecular weight is 804 g/mol. The molecule has 0 aromatic heterocycles. The first-order chi connectivity index (χ1) is 26.5. The van der Waals surface area contributed by atoms with Crippen molar-refractivity contribution in [1.29, 1.82) is 0 Å². The second-order valence-corrected chi connectivity index (χ2v) is 18.5. The SMILES string of the molecule is CCCCCCCCCCCCCCCCCCCCC(=O)OC[C@H](COP(=O)([O-])OCC[N+](C)(C)C)OC(=O)CCCCCCCCCCCCCCC. The highest BCUT2D eigenvalue weighted by molar-refractivity contribution is 7.45. The van der Waals surface area contributed by atoms with Crippen molar-refractivity contribution < 1.29 is 42.1 Å². The standard InChI is InChI=1S/C45H90NO8P/c1-6-8-10-12-14-16-18-20-21-22-23-24-26-27-29-31-33-35-37-44(47)51-41-43(42-53-55(49,50)52-40-39-46(3,4)5)54-45(48)38-36-34-32-30-28-25-19-17-15-13-11-9-7-2/h43H,6-42H2,1-5H3/t43-/m1/s1. The Morgan fingerprint density at radius 3 is 1.16 bits per heavy atom. The molecule has 0 amide bonds. The molecule has 0 saturated carbocycles. The zero-order valence-electron chi connectivity index (χ0n) is 36.9. The molecule has 328 valence electrons. The summed E-state index contributed by atoms with van der Waals surface area (Å²) in [6.07, 6.45) is 38.4. The number of unbranched alkanes of at least 4 members (excludes halogenated alkanes) is 29. The second kappa shape index (κ2) is 38.5. The Kier molecular flexibility index (Phi) is 37.8. The van der Waals surface area contributed by atoms with E-state index in [0.717, 1.165) is 32.1 Å². The maximum absolute atomic E-state index is 12.7. The minimum Gasteiger partial charge on any atom is -0.756 e. The molecule has 2 atom stereocenters. The van der Waals surface area contributed by atoms with Crippen molar-refractivity contribution >= 4 is 19.8 Å². The van der Waals surface area contributed by atoms with Gasteiger partial charge in [-0.05, 0) is 12.8 Å². The zero-order valence-corrected chi connectivity index (χ0v) is 37.8. The molecule has 0 radical (unpaired) electrons. The van der Waals surface area contributed by atoms with Crippen molar-refractivity contribution in [3.05, 3.63) is 0 Å². The summed E-state index contributed by atoms with van der Waals surface area (Å²) < 4.78 is 33.9. The van der Waals surface area contributed by atoms with E-state index in [1.807, 2.05) is 21.1 Å². The van der Waals surface area contributed by atoms with Crippen LogP contribution in [0.1, 0.15) is 226 Å². The molecule has 0 bridgehead atoms. The van der Waals surface area contributed by atoms with Crippen LogP contribution in [0.3, 0.4) is 0 Å². The number of nitrogens with zero attached hydrogens (tertiary/aromatic N) is 1. The number of carbonyl (C=O) groups excluding carboxylic acids is 2. The number of rotatable bonds is 43. The predicted molar refractivity (Wildman–Crippen MR) is 227 cm³/mol. The van der Waals surface area contributed by atoms with Crippen LogP contribution in [0, 0.1) is 0 Å². The zero-order chi connectivity index (χ0) is 40.7. The Hall–Kier alpha value is -0.990. The van der Waals surface area contributed by atoms with Crippen molar-refractivity contribution in [1.82, 2.24) is 0 Å². The minimum atomic E-state index is -4.62. The highest BCUT2D eigenvalue weighted by Crippen LogP contribution is 2.38. The molecule has 1 unspecified atom stereocenters. The molecular weight excluding hydrogens is 713 g/mol. The number of hydrogen-bond donors (Lipinski definition) is 0. The van der Waals surface area contributed by atoms with Crippen molar-refractivity contribution in [2.45, 2.75) is 232 Å². The van der Waals surface area contributed by atoms with Crippen LogP contribution in [-0.4, -0.2) is 70.0 Å². The van der Waals surface area contributed by atoms with Crippen LogP contribution in [0.15, 0.2) is 0 Å². The molecule has 0 aromatic rings. The van der Waals surface area contributed by atoms with Crippen LogP contribution in [0.5, 0.6) is 0 Å². The van der Waals surface area contributed by atoms with Gasteiger partial charge in [-0.15, -0.1) is 0 Å². The number of likely N-dealkylation sites (N-methyl/N-ethyl adjacent to an activating group) is 1. The molecule has 55 heavy (non-hydrogen) atoms. The summed E-state index contributed by atoms with van der Waals surface area (Å²) in [6.45, 7) is 4.27. The Morgan fingerprint density at radius 2 is 0.818 bits per heavy atom. The molecule has 0 aliphatic carbocycles. The fourth-order valence-electron chi connectivity index (χ4n) is 6.72. The molecule has 10 heteroatoms. The van der Waals surface area contributed by atoms with Gasteiger partial charge < -0.3 is 27.9 Å². The maximum Gasteiger partial charge on any atom is 0.306 e. The van der Waals surface area contributed by atoms with Crippen molar-refractivity contribution in [2.24, 2.45) is 0 Å². The van der Waals surface area contributed by atoms with Gasteiger partial charge in [0.2, 0.25) is 0 Å². The van der Waals surface area contributed by atoms with Gasteiger partial charge in [-0.2, -0.15) is 0 Å². The first-order valence-electron chi connectivity index (χ1n) is 23.2. The van der Waals surface area contributed by atoms with Gasteiger partial charge in [0.15, 0.2) is 6.10 Å². The minimum absolute atomic E-state index is 0.0256. The normalized spacial score (nSPS) is 13.5. The molecular formula is C45H90NO8P. The van der Waals surface area contributed by atoms with E-state index < -0.39 is 26.5 Å². The number of carbonyl (C=O) groups is 2. The fourth-order valence-corrected chi connectivity index (χ4v) is 7.44. The number of hydrogen-bond acceptors (Lipinski definition) is 8. The molecule has 0 rings (SSSR count). The number of phosphoric acid groups is 1. The summed E-state index contributed by atoms with van der Waals surface area (Å²) in [4.78, 5) is 37.5. The third-order valence-electron chi connectivity index (χ3n) is 10.4. The van der Waals surface area contributed by atoms with Gasteiger partial charge in [0.25, 0.3) is 7.82 Å². The van der Waals surface area contributed by atoms with Gasteiger partial charge in [-0.3, -0.25) is 14.2 Å². The summed E-state index contributed by atoms with van der Waals surface area (Å²) in [5.74, 6) is -0.818. The van der Waals surface area contributed by atoms with Gasteiger partial charge >= 0.3 is 11.9 Å². The lowest BCUT2D eigenvalue weighted by Crippen LogP contribution is -2.37. The molecule has 0 aliphatic heterocycles. The molecule has 0 heterocycles. The average Bonchev–Trinajstić information content (AvgIpc) is 3.13. The lowest BCUT2D eigenvalue weighted by Gasteiger charge is -2.28. The summed E-state index contributed by atoms with van der Waals surface area (Å²) in [5.41, 5.74) is 0. The van der Waals surface area contributed by atoms with Crippen LogP contribution < -0.4 is 4.89 Å². The van der Waals surface area contributed by atoms with E-state index in [1.165, 1.54) is 161 Å². The van der Waals surface area contributed by atoms with Gasteiger partial charge in [-0.25, -0.2) is 0 Å². The Labute approximate surface area is 340 Å². The van der Waals surface area contributed by atoms with E-state index in [2.05, 4.69) is 13.8 Å². The Morgan fingerprint density at radius 1 is 0.491 bits per heavy atom. The summed E-state index contributed by atoms with van der Waals surface area (Å²) >= 11 is 0. The van der Waals surface area contributed by atoms with Gasteiger partial charge in [0, 0.05) is 12.8 Å². The molecule has 0 saturated heterocycles. The second-order valence-electron chi connectivity index (χ2n) is 17.1. The van der Waals surface area contributed by atoms with Crippen LogP contribution >= 0.6 is 7.82 Å². The number of esters is 2. The highest BCUT2D eigenvalue weighted by atomic mass is 31.2. The summed E-state index contributed by atoms with van der Waals surface area (Å²) in [7, 11) is 1.18. The third kappa shape index (κ3) is 42.4. The fraction of sp³-hybridized carbons (Fsp3) is 0.956. The van der Waals surface area contributed by atoms with Gasteiger partial charge in [0.1, 0.15) is 19.8 Å². The van der Waals surface area contributed by atoms with Crippen LogP contribution in [0.25, 0.3) is 0 Å². The quantitative estimate of drug-likeness (QED) is 0.0259. The van der Waals surface area contributed by atoms with E-state index >= 15 is 0 Å². The van der Waals surface area contributed by atoms with E-state index in [0.29, 0.717) is 17.4 Å². The third-order valence-corrected chi connectivity index (χ3v) is 11.3. The maximum atomic E-state index is 12.7. The number of quaternary nitrogens is 1. The smallest absolute Gasteiger partial charge is 0.306 e. The van der Waals surface area contributed by atoms with E-state index in [-0.39, 0.29) is 32.0 Å². The number of ether oxygens (including phenoxy) is 2. The van der Waals surface area contributed by atoms with Gasteiger partial charge in [0.05, 0.1) is 27.7 Å². The molecule has 9 nitrogen and oxygen atoms in total. The molecule has 0 N–H and O–H groups in total. The topological polar surface area (TPSA) is 111 Å². The summed E-state index contributed by atoms with van der Waals surface area (Å²) in [6, 6.07) is 0. The van der Waals surface area contributed by atoms with Crippen LogP contribution in [0.2, 0.25) is 0 Å². The highest BCUT2D eigenvalue weighted by Gasteiger charge is 2.21. The van der Waals surface area contributed by atoms with Crippen molar-refractivity contribution in [2.75, 3.05) is 47.5 Å². The van der Waals surface area contributed by atoms with E-state index in [1.54, 1.807) is 0 Å². The van der Waals surface area contributed by atoms with E-state index in [4.69, 9.17) is 18.5 Å². The summed E-state index contributed by atoms with van der Waals surface area (Å²) in [5, 5.41) is 0. The lowest BCUT2D eigenvalue weighted by molar-refractivity contribution is -0.870. The van der Waals surface area contributed by atoms with Crippen LogP contribution in [-0.2, 0) is 32.7 Å². The molecule has 0 fully saturated rings. The molecule has 0 aliphatic rings. The van der Waals surface area contributed by atoms with Gasteiger partial charge in [-0.1, -0.05) is 200 Å². The Balaban J connectivity index is 4.25. The molecule has 0 aromatic carbocycles.